The highest BCUT2D eigenvalue weighted by molar-refractivity contribution is 5.55. The van der Waals surface area contributed by atoms with Gasteiger partial charge in [0.15, 0.2) is 0 Å². The van der Waals surface area contributed by atoms with Gasteiger partial charge in [0, 0.05) is 13.1 Å². The highest BCUT2D eigenvalue weighted by Crippen LogP contribution is 2.33. The summed E-state index contributed by atoms with van der Waals surface area (Å²) in [5.41, 5.74) is 6.59. The Hall–Kier alpha value is -1.49. The molecule has 108 valence electrons. The fraction of sp³-hybridized carbons (Fsp3) is 0.667. The van der Waals surface area contributed by atoms with Gasteiger partial charge in [-0.15, -0.1) is 0 Å². The molecule has 2 saturated heterocycles. The SMILES string of the molecule is Nc1ccc(N2CC3CCC(C2)O3)nc1OCC1CC1. The number of hydrogen-bond acceptors (Lipinski definition) is 5. The molecule has 4 rings (SSSR count). The molecular formula is C15H21N3O2. The Bertz CT molecular complexity index is 492. The summed E-state index contributed by atoms with van der Waals surface area (Å²) in [6, 6.07) is 3.89. The van der Waals surface area contributed by atoms with Crippen LogP contribution in [0.15, 0.2) is 12.1 Å². The maximum absolute atomic E-state index is 5.96. The normalized spacial score (nSPS) is 28.7. The third-order valence-electron chi connectivity index (χ3n) is 4.40. The molecule has 20 heavy (non-hydrogen) atoms. The zero-order valence-corrected chi connectivity index (χ0v) is 11.6. The molecule has 0 radical (unpaired) electrons. The van der Waals surface area contributed by atoms with Crippen molar-refractivity contribution in [2.24, 2.45) is 5.92 Å². The molecule has 0 amide bonds. The van der Waals surface area contributed by atoms with Gasteiger partial charge in [0.1, 0.15) is 5.82 Å². The average molecular weight is 275 g/mol. The Morgan fingerprint density at radius 1 is 1.20 bits per heavy atom. The summed E-state index contributed by atoms with van der Waals surface area (Å²) in [4.78, 5) is 6.92. The van der Waals surface area contributed by atoms with Crippen LogP contribution in [-0.4, -0.2) is 36.9 Å². The predicted molar refractivity (Wildman–Crippen MR) is 77.0 cm³/mol. The molecule has 1 aromatic heterocycles. The number of nitrogens with zero attached hydrogens (tertiary/aromatic N) is 2. The molecule has 1 aromatic rings. The summed E-state index contributed by atoms with van der Waals surface area (Å²) in [5, 5.41) is 0. The van der Waals surface area contributed by atoms with Crippen molar-refractivity contribution in [2.45, 2.75) is 37.9 Å². The molecule has 2 N–H and O–H groups in total. The Balaban J connectivity index is 1.50. The molecule has 5 heteroatoms. The molecule has 2 unspecified atom stereocenters. The molecule has 2 atom stereocenters. The first kappa shape index (κ1) is 12.3. The van der Waals surface area contributed by atoms with Gasteiger partial charge < -0.3 is 20.1 Å². The van der Waals surface area contributed by atoms with Crippen LogP contribution in [0, 0.1) is 5.92 Å². The minimum atomic E-state index is 0.365. The van der Waals surface area contributed by atoms with Crippen molar-refractivity contribution in [1.29, 1.82) is 0 Å². The van der Waals surface area contributed by atoms with Crippen molar-refractivity contribution in [3.63, 3.8) is 0 Å². The fourth-order valence-electron chi connectivity index (χ4n) is 3.02. The van der Waals surface area contributed by atoms with E-state index in [1.807, 2.05) is 12.1 Å². The lowest BCUT2D eigenvalue weighted by Gasteiger charge is -2.33. The highest BCUT2D eigenvalue weighted by Gasteiger charge is 2.34. The number of anilines is 2. The first-order chi connectivity index (χ1) is 9.78. The Kier molecular flexibility index (Phi) is 2.95. The second-order valence-electron chi connectivity index (χ2n) is 6.18. The molecule has 2 bridgehead atoms. The van der Waals surface area contributed by atoms with E-state index in [1.54, 1.807) is 0 Å². The van der Waals surface area contributed by atoms with Gasteiger partial charge in [0.25, 0.3) is 0 Å². The van der Waals surface area contributed by atoms with Crippen molar-refractivity contribution >= 4 is 11.5 Å². The first-order valence-corrected chi connectivity index (χ1v) is 7.57. The van der Waals surface area contributed by atoms with Gasteiger partial charge in [-0.2, -0.15) is 4.98 Å². The smallest absolute Gasteiger partial charge is 0.239 e. The minimum absolute atomic E-state index is 0.365. The Morgan fingerprint density at radius 2 is 1.95 bits per heavy atom. The van der Waals surface area contributed by atoms with Crippen molar-refractivity contribution in [3.8, 4) is 5.88 Å². The molecule has 0 spiro atoms. The van der Waals surface area contributed by atoms with E-state index in [1.165, 1.54) is 25.7 Å². The van der Waals surface area contributed by atoms with Crippen LogP contribution in [0.3, 0.4) is 0 Å². The van der Waals surface area contributed by atoms with Crippen molar-refractivity contribution in [2.75, 3.05) is 30.3 Å². The van der Waals surface area contributed by atoms with E-state index < -0.39 is 0 Å². The molecule has 2 aliphatic heterocycles. The van der Waals surface area contributed by atoms with Crippen molar-refractivity contribution in [1.82, 2.24) is 4.98 Å². The van der Waals surface area contributed by atoms with Crippen LogP contribution in [0.5, 0.6) is 5.88 Å². The van der Waals surface area contributed by atoms with E-state index >= 15 is 0 Å². The zero-order valence-electron chi connectivity index (χ0n) is 11.6. The lowest BCUT2D eigenvalue weighted by atomic mass is 10.2. The van der Waals surface area contributed by atoms with Gasteiger partial charge in [-0.05, 0) is 43.7 Å². The van der Waals surface area contributed by atoms with Gasteiger partial charge in [-0.25, -0.2) is 0 Å². The maximum atomic E-state index is 5.96. The van der Waals surface area contributed by atoms with E-state index in [0.717, 1.165) is 25.5 Å². The van der Waals surface area contributed by atoms with Crippen LogP contribution in [0.1, 0.15) is 25.7 Å². The Morgan fingerprint density at radius 3 is 2.65 bits per heavy atom. The lowest BCUT2D eigenvalue weighted by Crippen LogP contribution is -2.43. The molecule has 3 heterocycles. The van der Waals surface area contributed by atoms with Crippen LogP contribution in [0.4, 0.5) is 11.5 Å². The number of ether oxygens (including phenoxy) is 2. The van der Waals surface area contributed by atoms with E-state index in [4.69, 9.17) is 15.2 Å². The molecule has 5 nitrogen and oxygen atoms in total. The lowest BCUT2D eigenvalue weighted by molar-refractivity contribution is 0.0302. The van der Waals surface area contributed by atoms with E-state index in [9.17, 15) is 0 Å². The number of nitrogens with two attached hydrogens (primary N) is 1. The fourth-order valence-corrected chi connectivity index (χ4v) is 3.02. The number of rotatable bonds is 4. The third kappa shape index (κ3) is 2.42. The molecular weight excluding hydrogens is 254 g/mol. The predicted octanol–water partition coefficient (Wildman–Crippen LogP) is 1.82. The molecule has 3 aliphatic rings. The number of hydrogen-bond donors (Lipinski definition) is 1. The largest absolute Gasteiger partial charge is 0.476 e. The first-order valence-electron chi connectivity index (χ1n) is 7.57. The van der Waals surface area contributed by atoms with Crippen LogP contribution >= 0.6 is 0 Å². The second-order valence-corrected chi connectivity index (χ2v) is 6.18. The quantitative estimate of drug-likeness (QED) is 0.908. The number of fused-ring (bicyclic) bond motifs is 2. The maximum Gasteiger partial charge on any atom is 0.239 e. The molecule has 1 aliphatic carbocycles. The van der Waals surface area contributed by atoms with Crippen LogP contribution < -0.4 is 15.4 Å². The van der Waals surface area contributed by atoms with Gasteiger partial charge in [-0.3, -0.25) is 0 Å². The Labute approximate surface area is 119 Å². The van der Waals surface area contributed by atoms with Crippen LogP contribution in [0.25, 0.3) is 0 Å². The van der Waals surface area contributed by atoms with Gasteiger partial charge in [-0.1, -0.05) is 0 Å². The number of aromatic nitrogens is 1. The van der Waals surface area contributed by atoms with E-state index in [2.05, 4.69) is 9.88 Å². The third-order valence-corrected chi connectivity index (χ3v) is 4.40. The molecule has 3 fully saturated rings. The van der Waals surface area contributed by atoms with Crippen molar-refractivity contribution in [3.05, 3.63) is 12.1 Å². The molecule has 1 saturated carbocycles. The summed E-state index contributed by atoms with van der Waals surface area (Å²) >= 11 is 0. The van der Waals surface area contributed by atoms with Gasteiger partial charge in [0.2, 0.25) is 5.88 Å². The standard InChI is InChI=1S/C15H21N3O2/c16-13-5-6-14(17-15(13)19-9-10-1-2-10)18-7-11-3-4-12(8-18)20-11/h5-6,10-12H,1-4,7-9,16H2. The van der Waals surface area contributed by atoms with Gasteiger partial charge in [0.05, 0.1) is 24.5 Å². The average Bonchev–Trinajstić information content (AvgIpc) is 3.23. The van der Waals surface area contributed by atoms with Crippen LogP contribution in [-0.2, 0) is 4.74 Å². The number of morpholine rings is 1. The van der Waals surface area contributed by atoms with Gasteiger partial charge >= 0.3 is 0 Å². The topological polar surface area (TPSA) is 60.6 Å². The number of pyridine rings is 1. The summed E-state index contributed by atoms with van der Waals surface area (Å²) < 4.78 is 11.6. The minimum Gasteiger partial charge on any atom is -0.476 e. The van der Waals surface area contributed by atoms with Crippen LogP contribution in [0.2, 0.25) is 0 Å². The highest BCUT2D eigenvalue weighted by atomic mass is 16.5. The summed E-state index contributed by atoms with van der Waals surface area (Å²) in [5.74, 6) is 2.26. The second kappa shape index (κ2) is 4.81. The monoisotopic (exact) mass is 275 g/mol. The van der Waals surface area contributed by atoms with Crippen molar-refractivity contribution < 1.29 is 9.47 Å². The summed E-state index contributed by atoms with van der Waals surface area (Å²) in [7, 11) is 0. The summed E-state index contributed by atoms with van der Waals surface area (Å²) in [6.07, 6.45) is 5.61. The zero-order chi connectivity index (χ0) is 13.5. The van der Waals surface area contributed by atoms with E-state index in [-0.39, 0.29) is 0 Å². The molecule has 0 aromatic carbocycles. The van der Waals surface area contributed by atoms with E-state index in [0.29, 0.717) is 29.7 Å². The summed E-state index contributed by atoms with van der Waals surface area (Å²) in [6.45, 7) is 2.60. The number of nitrogen functional groups attached to an aromatic ring is 1.